The van der Waals surface area contributed by atoms with Gasteiger partial charge in [-0.2, -0.15) is 0 Å². The fraction of sp³-hybridized carbons (Fsp3) is 0.385. The van der Waals surface area contributed by atoms with Crippen LogP contribution in [0.1, 0.15) is 24.5 Å². The molecule has 1 aliphatic heterocycles. The van der Waals surface area contributed by atoms with Gasteiger partial charge in [0.2, 0.25) is 0 Å². The molecule has 1 aromatic carbocycles. The van der Waals surface area contributed by atoms with Gasteiger partial charge in [-0.25, -0.2) is 0 Å². The van der Waals surface area contributed by atoms with Crippen LogP contribution in [0.5, 0.6) is 0 Å². The van der Waals surface area contributed by atoms with Crippen molar-refractivity contribution < 1.29 is 0 Å². The van der Waals surface area contributed by atoms with Gasteiger partial charge in [0.05, 0.1) is 0 Å². The van der Waals surface area contributed by atoms with Crippen LogP contribution >= 0.6 is 33.1 Å². The first-order chi connectivity index (χ1) is 8.76. The number of fused-ring (bicyclic) bond motifs is 1. The van der Waals surface area contributed by atoms with Crippen LogP contribution in [-0.2, 0) is 6.54 Å². The minimum atomic E-state index is -0.0814. The van der Waals surface area contributed by atoms with Crippen LogP contribution in [0, 0.1) is 0 Å². The van der Waals surface area contributed by atoms with Crippen molar-refractivity contribution in [2.75, 3.05) is 13.1 Å². The second-order valence-electron chi connectivity index (χ2n) is 4.48. The maximum Gasteiger partial charge on any atom is 0.0249 e. The lowest BCUT2D eigenvalue weighted by Gasteiger charge is -2.22. The van der Waals surface area contributed by atoms with Crippen molar-refractivity contribution in [2.24, 2.45) is 0 Å². The Labute approximate surface area is 118 Å². The highest BCUT2D eigenvalue weighted by atomic mass is 32.6. The summed E-state index contributed by atoms with van der Waals surface area (Å²) < 4.78 is 0. The topological polar surface area (TPSA) is 3.24 Å². The maximum absolute atomic E-state index is 3.05. The monoisotopic (exact) mass is 315 g/mol. The van der Waals surface area contributed by atoms with Crippen molar-refractivity contribution in [3.63, 3.8) is 0 Å². The minimum Gasteiger partial charge on any atom is -0.295 e. The van der Waals surface area contributed by atoms with Gasteiger partial charge in [-0.3, -0.25) is 4.90 Å². The van der Waals surface area contributed by atoms with E-state index >= 15 is 0 Å². The average Bonchev–Trinajstić information content (AvgIpc) is 2.59. The molecule has 1 nitrogen and oxygen atoms in total. The highest BCUT2D eigenvalue weighted by Crippen LogP contribution is 2.65. The van der Waals surface area contributed by atoms with Gasteiger partial charge < -0.3 is 0 Å². The Morgan fingerprint density at radius 2 is 2.28 bits per heavy atom. The standard InChI is InChI=1S/C13H21NP4/c1-2-8-14-9-4-6-11-5-3-7-13(12(11)10-14)18(16)17-15/h3-7,17H,2,8-10,15-16H2,1H3. The fourth-order valence-corrected chi connectivity index (χ4v) is 6.22. The molecule has 0 aromatic heterocycles. The number of benzene rings is 1. The Kier molecular flexibility index (Phi) is 6.21. The summed E-state index contributed by atoms with van der Waals surface area (Å²) in [5.41, 5.74) is 2.97. The molecule has 1 aliphatic rings. The molecule has 0 fully saturated rings. The molecule has 0 radical (unpaired) electrons. The molecular formula is C13H21NP4. The second kappa shape index (κ2) is 7.43. The van der Waals surface area contributed by atoms with Gasteiger partial charge >= 0.3 is 0 Å². The lowest BCUT2D eigenvalue weighted by atomic mass is 10.1. The van der Waals surface area contributed by atoms with E-state index in [1.165, 1.54) is 18.5 Å². The smallest absolute Gasteiger partial charge is 0.0249 e. The molecule has 0 bridgehead atoms. The molecule has 0 aliphatic carbocycles. The summed E-state index contributed by atoms with van der Waals surface area (Å²) in [4.78, 5) is 2.55. The molecule has 98 valence electrons. The summed E-state index contributed by atoms with van der Waals surface area (Å²) in [6.45, 7) is 5.64. The predicted octanol–water partition coefficient (Wildman–Crippen LogP) is 4.21. The van der Waals surface area contributed by atoms with Gasteiger partial charge in [0.1, 0.15) is 0 Å². The number of hydrogen-bond donors (Lipinski definition) is 0. The van der Waals surface area contributed by atoms with Gasteiger partial charge in [-0.1, -0.05) is 45.2 Å². The molecule has 1 aromatic rings. The highest BCUT2D eigenvalue weighted by molar-refractivity contribution is 8.63. The zero-order valence-electron chi connectivity index (χ0n) is 10.8. The Bertz CT molecular complexity index is 433. The summed E-state index contributed by atoms with van der Waals surface area (Å²) in [5.74, 6) is 0. The van der Waals surface area contributed by atoms with Crippen molar-refractivity contribution >= 4 is 44.5 Å². The zero-order chi connectivity index (χ0) is 13.0. The first-order valence-electron chi connectivity index (χ1n) is 6.28. The van der Waals surface area contributed by atoms with Crippen molar-refractivity contribution in [2.45, 2.75) is 19.9 Å². The van der Waals surface area contributed by atoms with Crippen molar-refractivity contribution in [1.82, 2.24) is 4.90 Å². The van der Waals surface area contributed by atoms with Gasteiger partial charge in [-0.05, 0) is 36.7 Å². The van der Waals surface area contributed by atoms with Crippen LogP contribution in [0.4, 0.5) is 0 Å². The Balaban J connectivity index is 2.35. The molecule has 0 amide bonds. The summed E-state index contributed by atoms with van der Waals surface area (Å²) >= 11 is 0. The zero-order valence-corrected chi connectivity index (χ0v) is 15.0. The molecule has 0 saturated heterocycles. The van der Waals surface area contributed by atoms with Crippen LogP contribution in [0.25, 0.3) is 6.08 Å². The Morgan fingerprint density at radius 3 is 3.00 bits per heavy atom. The quantitative estimate of drug-likeness (QED) is 0.753. The number of rotatable bonds is 4. The van der Waals surface area contributed by atoms with E-state index in [2.05, 4.69) is 60.0 Å². The van der Waals surface area contributed by atoms with E-state index in [4.69, 9.17) is 0 Å². The van der Waals surface area contributed by atoms with Crippen molar-refractivity contribution in [1.29, 1.82) is 0 Å². The lowest BCUT2D eigenvalue weighted by molar-refractivity contribution is 0.297. The highest BCUT2D eigenvalue weighted by Gasteiger charge is 2.16. The second-order valence-corrected chi connectivity index (χ2v) is 13.6. The van der Waals surface area contributed by atoms with Crippen LogP contribution in [0.15, 0.2) is 24.3 Å². The molecule has 4 unspecified atom stereocenters. The van der Waals surface area contributed by atoms with Gasteiger partial charge in [0, 0.05) is 13.1 Å². The average molecular weight is 315 g/mol. The third-order valence-electron chi connectivity index (χ3n) is 3.17. The third-order valence-corrected chi connectivity index (χ3v) is 13.3. The molecule has 5 heteroatoms. The van der Waals surface area contributed by atoms with Crippen LogP contribution in [0.2, 0.25) is 0 Å². The summed E-state index contributed by atoms with van der Waals surface area (Å²) in [7, 11) is 6.80. The van der Waals surface area contributed by atoms with Crippen LogP contribution < -0.4 is 5.30 Å². The summed E-state index contributed by atoms with van der Waals surface area (Å²) in [6, 6.07) is 6.78. The summed E-state index contributed by atoms with van der Waals surface area (Å²) in [6.07, 6.45) is 5.83. The SMILES string of the molecule is CCCN1CC=Cc2cccc(P(P)PP)c2C1. The number of hydrogen-bond acceptors (Lipinski definition) is 1. The third kappa shape index (κ3) is 3.60. The van der Waals surface area contributed by atoms with E-state index in [9.17, 15) is 0 Å². The summed E-state index contributed by atoms with van der Waals surface area (Å²) in [5, 5.41) is 1.56. The first kappa shape index (κ1) is 15.0. The van der Waals surface area contributed by atoms with E-state index in [0.717, 1.165) is 21.0 Å². The lowest BCUT2D eigenvalue weighted by Crippen LogP contribution is -2.25. The van der Waals surface area contributed by atoms with Crippen molar-refractivity contribution in [3.05, 3.63) is 35.4 Å². The van der Waals surface area contributed by atoms with E-state index in [1.807, 2.05) is 0 Å². The molecule has 0 N–H and O–H groups in total. The largest absolute Gasteiger partial charge is 0.295 e. The molecule has 0 spiro atoms. The van der Waals surface area contributed by atoms with Gasteiger partial charge in [0.25, 0.3) is 0 Å². The molecule has 4 atom stereocenters. The molecular weight excluding hydrogens is 294 g/mol. The predicted molar refractivity (Wildman–Crippen MR) is 95.3 cm³/mol. The van der Waals surface area contributed by atoms with Gasteiger partial charge in [-0.15, -0.1) is 17.9 Å². The van der Waals surface area contributed by atoms with E-state index in [-0.39, 0.29) is 7.30 Å². The van der Waals surface area contributed by atoms with E-state index in [0.29, 0.717) is 0 Å². The van der Waals surface area contributed by atoms with Crippen LogP contribution in [-0.4, -0.2) is 18.0 Å². The maximum atomic E-state index is 3.05. The van der Waals surface area contributed by atoms with Crippen molar-refractivity contribution in [3.8, 4) is 0 Å². The normalized spacial score (nSPS) is 17.9. The molecule has 0 saturated carbocycles. The molecule has 1 heterocycles. The molecule has 2 rings (SSSR count). The Morgan fingerprint density at radius 1 is 1.44 bits per heavy atom. The fourth-order valence-electron chi connectivity index (χ4n) is 2.32. The molecule has 18 heavy (non-hydrogen) atoms. The van der Waals surface area contributed by atoms with Gasteiger partial charge in [0.15, 0.2) is 0 Å². The first-order valence-corrected chi connectivity index (χ1v) is 12.9. The van der Waals surface area contributed by atoms with Crippen LogP contribution in [0.3, 0.4) is 0 Å². The minimum absolute atomic E-state index is 0.0814. The number of nitrogens with zero attached hydrogens (tertiary/aromatic N) is 1. The van der Waals surface area contributed by atoms with E-state index < -0.39 is 0 Å². The Hall–Kier alpha value is 0.640. The van der Waals surface area contributed by atoms with E-state index in [1.54, 1.807) is 10.9 Å².